The Morgan fingerprint density at radius 2 is 1.64 bits per heavy atom. The summed E-state index contributed by atoms with van der Waals surface area (Å²) in [7, 11) is 0. The van der Waals surface area contributed by atoms with Gasteiger partial charge in [-0.15, -0.1) is 0 Å². The van der Waals surface area contributed by atoms with Gasteiger partial charge in [0.1, 0.15) is 11.3 Å². The Morgan fingerprint density at radius 1 is 0.939 bits per heavy atom. The van der Waals surface area contributed by atoms with Gasteiger partial charge in [0.15, 0.2) is 0 Å². The molecule has 6 nitrogen and oxygen atoms in total. The van der Waals surface area contributed by atoms with Gasteiger partial charge in [-0.3, -0.25) is 19.0 Å². The van der Waals surface area contributed by atoms with Crippen LogP contribution in [0.25, 0.3) is 5.65 Å². The van der Waals surface area contributed by atoms with Crippen molar-refractivity contribution in [1.82, 2.24) is 24.5 Å². The fraction of sp³-hybridized carbons (Fsp3) is 0.462. The molecular formula is C26H32ClN5O. The minimum Gasteiger partial charge on any atom is -0.335 e. The molecule has 2 atom stereocenters. The quantitative estimate of drug-likeness (QED) is 0.546. The third-order valence-electron chi connectivity index (χ3n) is 7.07. The first-order chi connectivity index (χ1) is 16.2. The van der Waals surface area contributed by atoms with Gasteiger partial charge in [-0.05, 0) is 68.6 Å². The Bertz CT molecular complexity index is 1070. The minimum absolute atomic E-state index is 0.0265. The first kappa shape index (κ1) is 22.4. The summed E-state index contributed by atoms with van der Waals surface area (Å²) in [6, 6.07) is 14.2. The molecule has 1 amide bonds. The summed E-state index contributed by atoms with van der Waals surface area (Å²) in [4.78, 5) is 22.8. The molecule has 2 aliphatic heterocycles. The van der Waals surface area contributed by atoms with Gasteiger partial charge in [-0.2, -0.15) is 0 Å². The van der Waals surface area contributed by atoms with Gasteiger partial charge in [0.05, 0.1) is 6.17 Å². The largest absolute Gasteiger partial charge is 0.335 e. The van der Waals surface area contributed by atoms with Crippen molar-refractivity contribution in [2.24, 2.45) is 0 Å². The number of benzene rings is 1. The number of hydrogen-bond donors (Lipinski definition) is 1. The Labute approximate surface area is 200 Å². The second kappa shape index (κ2) is 10.2. The van der Waals surface area contributed by atoms with Crippen LogP contribution in [0.5, 0.6) is 0 Å². The summed E-state index contributed by atoms with van der Waals surface area (Å²) in [6.45, 7) is 4.24. The number of halogens is 1. The van der Waals surface area contributed by atoms with Crippen LogP contribution in [-0.4, -0.2) is 57.4 Å². The molecule has 4 heterocycles. The number of rotatable bonds is 7. The molecule has 0 bridgehead atoms. The van der Waals surface area contributed by atoms with Crippen molar-refractivity contribution in [2.45, 2.75) is 50.7 Å². The van der Waals surface area contributed by atoms with E-state index in [9.17, 15) is 4.79 Å². The third kappa shape index (κ3) is 5.08. The van der Waals surface area contributed by atoms with Gasteiger partial charge in [0.25, 0.3) is 5.91 Å². The van der Waals surface area contributed by atoms with Crippen LogP contribution in [-0.2, 0) is 0 Å². The fourth-order valence-corrected chi connectivity index (χ4v) is 5.46. The maximum absolute atomic E-state index is 13.4. The Hall–Kier alpha value is -2.41. The summed E-state index contributed by atoms with van der Waals surface area (Å²) < 4.78 is 1.86. The third-order valence-corrected chi connectivity index (χ3v) is 7.32. The van der Waals surface area contributed by atoms with Crippen molar-refractivity contribution in [3.8, 4) is 0 Å². The van der Waals surface area contributed by atoms with E-state index in [-0.39, 0.29) is 18.1 Å². The monoisotopic (exact) mass is 465 g/mol. The van der Waals surface area contributed by atoms with E-state index in [0.717, 1.165) is 43.3 Å². The number of pyridine rings is 1. The Balaban J connectivity index is 1.42. The number of piperidine rings is 1. The lowest BCUT2D eigenvalue weighted by Crippen LogP contribution is -2.50. The van der Waals surface area contributed by atoms with Gasteiger partial charge in [-0.1, -0.05) is 36.2 Å². The molecule has 1 aromatic carbocycles. The smallest absolute Gasteiger partial charge is 0.269 e. The summed E-state index contributed by atoms with van der Waals surface area (Å²) in [5, 5.41) is 4.15. The van der Waals surface area contributed by atoms with Crippen molar-refractivity contribution >= 4 is 23.2 Å². The van der Waals surface area contributed by atoms with Crippen molar-refractivity contribution in [2.75, 3.05) is 26.2 Å². The second-order valence-electron chi connectivity index (χ2n) is 9.20. The van der Waals surface area contributed by atoms with Crippen molar-refractivity contribution < 1.29 is 4.79 Å². The zero-order valence-corrected chi connectivity index (χ0v) is 19.8. The van der Waals surface area contributed by atoms with Crippen LogP contribution in [0.3, 0.4) is 0 Å². The standard InChI is InChI=1S/C26H32ClN5O/c27-21-11-9-20(10-12-21)23(30-14-2-1-3-15-30)19-25(31-16-4-5-17-31)29-26(33)22-7-6-8-24-28-13-18-32(22)24/h6-13,18,23,25H,1-5,14-17,19H2,(H,29,33). The highest BCUT2D eigenvalue weighted by Crippen LogP contribution is 2.31. The van der Waals surface area contributed by atoms with Crippen molar-refractivity contribution in [1.29, 1.82) is 0 Å². The van der Waals surface area contributed by atoms with Crippen LogP contribution < -0.4 is 5.32 Å². The first-order valence-corrected chi connectivity index (χ1v) is 12.5. The number of carbonyl (C=O) groups is 1. The number of aromatic nitrogens is 2. The van der Waals surface area contributed by atoms with Crippen molar-refractivity contribution in [3.63, 3.8) is 0 Å². The van der Waals surface area contributed by atoms with Crippen LogP contribution >= 0.6 is 11.6 Å². The Morgan fingerprint density at radius 3 is 2.39 bits per heavy atom. The molecule has 2 aliphatic rings. The van der Waals surface area contributed by atoms with Crippen LogP contribution in [0, 0.1) is 0 Å². The highest BCUT2D eigenvalue weighted by atomic mass is 35.5. The van der Waals surface area contributed by atoms with Crippen LogP contribution in [0.15, 0.2) is 54.9 Å². The second-order valence-corrected chi connectivity index (χ2v) is 9.63. The number of carbonyl (C=O) groups excluding carboxylic acids is 1. The number of amides is 1. The van der Waals surface area contributed by atoms with E-state index in [4.69, 9.17) is 11.6 Å². The minimum atomic E-state index is -0.0519. The maximum atomic E-state index is 13.4. The predicted octanol–water partition coefficient (Wildman–Crippen LogP) is 4.76. The molecule has 0 saturated carbocycles. The molecule has 2 unspecified atom stereocenters. The van der Waals surface area contributed by atoms with E-state index in [2.05, 4.69) is 32.2 Å². The summed E-state index contributed by atoms with van der Waals surface area (Å²) >= 11 is 6.20. The summed E-state index contributed by atoms with van der Waals surface area (Å²) in [5.41, 5.74) is 2.68. The first-order valence-electron chi connectivity index (χ1n) is 12.2. The van der Waals surface area contributed by atoms with Crippen LogP contribution in [0.4, 0.5) is 0 Å². The topological polar surface area (TPSA) is 52.9 Å². The number of nitrogens with zero attached hydrogens (tertiary/aromatic N) is 4. The van der Waals surface area contributed by atoms with E-state index in [1.807, 2.05) is 40.9 Å². The molecule has 2 aromatic heterocycles. The number of fused-ring (bicyclic) bond motifs is 1. The van der Waals surface area contributed by atoms with Crippen molar-refractivity contribution in [3.05, 3.63) is 71.1 Å². The summed E-state index contributed by atoms with van der Waals surface area (Å²) in [6.07, 6.45) is 10.5. The number of imidazole rings is 1. The van der Waals surface area contributed by atoms with Gasteiger partial charge in [0.2, 0.25) is 0 Å². The predicted molar refractivity (Wildman–Crippen MR) is 131 cm³/mol. The molecule has 7 heteroatoms. The van der Waals surface area contributed by atoms with Gasteiger partial charge in [0, 0.05) is 43.0 Å². The average Bonchev–Trinajstić information content (AvgIpc) is 3.55. The van der Waals surface area contributed by atoms with Gasteiger partial charge < -0.3 is 5.32 Å². The lowest BCUT2D eigenvalue weighted by Gasteiger charge is -2.39. The molecule has 2 fully saturated rings. The van der Waals surface area contributed by atoms with E-state index >= 15 is 0 Å². The highest BCUT2D eigenvalue weighted by molar-refractivity contribution is 6.30. The summed E-state index contributed by atoms with van der Waals surface area (Å²) in [5.74, 6) is -0.0519. The van der Waals surface area contributed by atoms with Gasteiger partial charge in [-0.25, -0.2) is 4.98 Å². The molecule has 0 spiro atoms. The molecule has 2 saturated heterocycles. The van der Waals surface area contributed by atoms with Crippen LogP contribution in [0.2, 0.25) is 5.02 Å². The lowest BCUT2D eigenvalue weighted by atomic mass is 9.97. The highest BCUT2D eigenvalue weighted by Gasteiger charge is 2.31. The SMILES string of the molecule is O=C(NC(CC(c1ccc(Cl)cc1)N1CCCCC1)N1CCCC1)c1cccc2nccn12. The van der Waals surface area contributed by atoms with E-state index in [1.54, 1.807) is 6.20 Å². The van der Waals surface area contributed by atoms with E-state index in [0.29, 0.717) is 5.69 Å². The molecule has 0 aliphatic carbocycles. The fourth-order valence-electron chi connectivity index (χ4n) is 5.33. The average molecular weight is 466 g/mol. The van der Waals surface area contributed by atoms with E-state index < -0.39 is 0 Å². The molecule has 0 radical (unpaired) electrons. The zero-order chi connectivity index (χ0) is 22.6. The lowest BCUT2D eigenvalue weighted by molar-refractivity contribution is 0.0766. The Kier molecular flexibility index (Phi) is 6.95. The number of likely N-dealkylation sites (tertiary alicyclic amines) is 2. The molecule has 174 valence electrons. The maximum Gasteiger partial charge on any atom is 0.269 e. The zero-order valence-electron chi connectivity index (χ0n) is 19.0. The number of nitrogens with one attached hydrogen (secondary N) is 1. The van der Waals surface area contributed by atoms with Crippen LogP contribution in [0.1, 0.15) is 60.6 Å². The molecule has 5 rings (SSSR count). The molecular weight excluding hydrogens is 434 g/mol. The van der Waals surface area contributed by atoms with E-state index in [1.165, 1.54) is 37.7 Å². The molecule has 3 aromatic rings. The normalized spacial score (nSPS) is 19.5. The molecule has 1 N–H and O–H groups in total. The molecule has 33 heavy (non-hydrogen) atoms. The number of hydrogen-bond acceptors (Lipinski definition) is 4. The van der Waals surface area contributed by atoms with Gasteiger partial charge >= 0.3 is 0 Å².